The monoisotopic (exact) mass is 208 g/mol. The SMILES string of the molecule is CN1C2CCCC1CC(N1CCCC1)C2. The minimum Gasteiger partial charge on any atom is -0.300 e. The minimum absolute atomic E-state index is 0.906. The molecule has 2 unspecified atom stereocenters. The fourth-order valence-electron chi connectivity index (χ4n) is 3.99. The van der Waals surface area contributed by atoms with Crippen molar-refractivity contribution >= 4 is 0 Å². The highest BCUT2D eigenvalue weighted by Crippen LogP contribution is 2.35. The van der Waals surface area contributed by atoms with E-state index in [0.717, 1.165) is 18.1 Å². The first-order chi connectivity index (χ1) is 7.34. The summed E-state index contributed by atoms with van der Waals surface area (Å²) in [6, 6.07) is 2.74. The van der Waals surface area contributed by atoms with E-state index >= 15 is 0 Å². The molecular weight excluding hydrogens is 184 g/mol. The van der Waals surface area contributed by atoms with Gasteiger partial charge in [-0.3, -0.25) is 0 Å². The molecule has 2 nitrogen and oxygen atoms in total. The smallest absolute Gasteiger partial charge is 0.0125 e. The highest BCUT2D eigenvalue weighted by Gasteiger charge is 2.38. The van der Waals surface area contributed by atoms with Crippen LogP contribution in [0.2, 0.25) is 0 Å². The van der Waals surface area contributed by atoms with Crippen LogP contribution in [0.4, 0.5) is 0 Å². The summed E-state index contributed by atoms with van der Waals surface area (Å²) in [4.78, 5) is 5.45. The molecule has 2 heteroatoms. The zero-order valence-electron chi connectivity index (χ0n) is 9.99. The molecule has 0 aromatic carbocycles. The van der Waals surface area contributed by atoms with Crippen molar-refractivity contribution in [2.75, 3.05) is 20.1 Å². The molecule has 3 rings (SSSR count). The van der Waals surface area contributed by atoms with E-state index in [9.17, 15) is 0 Å². The first-order valence-electron chi connectivity index (χ1n) is 6.80. The number of hydrogen-bond acceptors (Lipinski definition) is 2. The maximum absolute atomic E-state index is 2.78. The molecule has 3 aliphatic heterocycles. The molecule has 0 saturated carbocycles. The van der Waals surface area contributed by atoms with Crippen LogP contribution in [-0.4, -0.2) is 48.1 Å². The van der Waals surface area contributed by atoms with Gasteiger partial charge in [-0.25, -0.2) is 0 Å². The van der Waals surface area contributed by atoms with Gasteiger partial charge in [0.15, 0.2) is 0 Å². The second kappa shape index (κ2) is 4.06. The molecule has 3 saturated heterocycles. The van der Waals surface area contributed by atoms with Crippen LogP contribution < -0.4 is 0 Å². The summed E-state index contributed by atoms with van der Waals surface area (Å²) in [5, 5.41) is 0. The third kappa shape index (κ3) is 1.83. The second-order valence-electron chi connectivity index (χ2n) is 5.77. The van der Waals surface area contributed by atoms with E-state index in [1.54, 1.807) is 0 Å². The van der Waals surface area contributed by atoms with Gasteiger partial charge in [-0.15, -0.1) is 0 Å². The van der Waals surface area contributed by atoms with Gasteiger partial charge in [0.1, 0.15) is 0 Å². The van der Waals surface area contributed by atoms with Crippen LogP contribution in [0.1, 0.15) is 44.9 Å². The van der Waals surface area contributed by atoms with Crippen molar-refractivity contribution in [2.24, 2.45) is 0 Å². The third-order valence-corrected chi connectivity index (χ3v) is 4.97. The number of likely N-dealkylation sites (tertiary alicyclic amines) is 1. The van der Waals surface area contributed by atoms with E-state index in [1.165, 1.54) is 58.0 Å². The maximum atomic E-state index is 2.78. The largest absolute Gasteiger partial charge is 0.300 e. The van der Waals surface area contributed by atoms with Gasteiger partial charge in [-0.05, 0) is 58.7 Å². The van der Waals surface area contributed by atoms with Crippen LogP contribution >= 0.6 is 0 Å². The van der Waals surface area contributed by atoms with Crippen LogP contribution in [0.15, 0.2) is 0 Å². The normalized spacial score (nSPS) is 43.4. The van der Waals surface area contributed by atoms with Gasteiger partial charge in [-0.1, -0.05) is 6.42 Å². The van der Waals surface area contributed by atoms with Gasteiger partial charge in [0.2, 0.25) is 0 Å². The lowest BCUT2D eigenvalue weighted by Crippen LogP contribution is -2.54. The Balaban J connectivity index is 1.67. The molecule has 3 fully saturated rings. The summed E-state index contributed by atoms with van der Waals surface area (Å²) >= 11 is 0. The Labute approximate surface area is 93.6 Å². The summed E-state index contributed by atoms with van der Waals surface area (Å²) in [6.45, 7) is 2.77. The molecule has 0 N–H and O–H groups in total. The number of rotatable bonds is 1. The van der Waals surface area contributed by atoms with E-state index in [-0.39, 0.29) is 0 Å². The number of nitrogens with zero attached hydrogens (tertiary/aromatic N) is 2. The molecule has 0 amide bonds. The van der Waals surface area contributed by atoms with Crippen LogP contribution in [-0.2, 0) is 0 Å². The minimum atomic E-state index is 0.906. The van der Waals surface area contributed by atoms with E-state index in [0.29, 0.717) is 0 Å². The second-order valence-corrected chi connectivity index (χ2v) is 5.77. The zero-order valence-corrected chi connectivity index (χ0v) is 9.99. The van der Waals surface area contributed by atoms with E-state index < -0.39 is 0 Å². The van der Waals surface area contributed by atoms with Crippen molar-refractivity contribution in [1.29, 1.82) is 0 Å². The average molecular weight is 208 g/mol. The molecule has 0 aromatic rings. The quantitative estimate of drug-likeness (QED) is 0.651. The third-order valence-electron chi connectivity index (χ3n) is 4.97. The fourth-order valence-corrected chi connectivity index (χ4v) is 3.99. The summed E-state index contributed by atoms with van der Waals surface area (Å²) in [7, 11) is 2.36. The van der Waals surface area contributed by atoms with E-state index in [1.807, 2.05) is 0 Å². The molecule has 0 spiro atoms. The molecule has 0 aromatic heterocycles. The topological polar surface area (TPSA) is 6.48 Å². The Morgan fingerprint density at radius 3 is 2.00 bits per heavy atom. The van der Waals surface area contributed by atoms with Crippen molar-refractivity contribution in [1.82, 2.24) is 9.80 Å². The molecule has 3 heterocycles. The highest BCUT2D eigenvalue weighted by atomic mass is 15.2. The van der Waals surface area contributed by atoms with Gasteiger partial charge < -0.3 is 9.80 Å². The van der Waals surface area contributed by atoms with Gasteiger partial charge >= 0.3 is 0 Å². The molecule has 15 heavy (non-hydrogen) atoms. The fraction of sp³-hybridized carbons (Fsp3) is 1.00. The van der Waals surface area contributed by atoms with E-state index in [4.69, 9.17) is 0 Å². The Morgan fingerprint density at radius 1 is 0.800 bits per heavy atom. The molecular formula is C13H24N2. The van der Waals surface area contributed by atoms with Crippen LogP contribution in [0, 0.1) is 0 Å². The molecule has 3 aliphatic rings. The lowest BCUT2D eigenvalue weighted by Gasteiger charge is -2.49. The van der Waals surface area contributed by atoms with Crippen LogP contribution in [0.3, 0.4) is 0 Å². The van der Waals surface area contributed by atoms with Crippen molar-refractivity contribution < 1.29 is 0 Å². The zero-order chi connectivity index (χ0) is 10.3. The van der Waals surface area contributed by atoms with Crippen molar-refractivity contribution in [3.8, 4) is 0 Å². The van der Waals surface area contributed by atoms with Crippen LogP contribution in [0.5, 0.6) is 0 Å². The summed E-state index contributed by atoms with van der Waals surface area (Å²) in [5.41, 5.74) is 0. The van der Waals surface area contributed by atoms with Crippen LogP contribution in [0.25, 0.3) is 0 Å². The number of fused-ring (bicyclic) bond motifs is 2. The molecule has 2 atom stereocenters. The van der Waals surface area contributed by atoms with Crippen molar-refractivity contribution in [3.63, 3.8) is 0 Å². The molecule has 0 radical (unpaired) electrons. The maximum Gasteiger partial charge on any atom is 0.0125 e. The Kier molecular flexibility index (Phi) is 2.73. The Morgan fingerprint density at radius 2 is 1.40 bits per heavy atom. The lowest BCUT2D eigenvalue weighted by atomic mass is 9.82. The van der Waals surface area contributed by atoms with Gasteiger partial charge in [0.25, 0.3) is 0 Å². The average Bonchev–Trinajstić information content (AvgIpc) is 2.70. The predicted octanol–water partition coefficient (Wildman–Crippen LogP) is 2.10. The van der Waals surface area contributed by atoms with Gasteiger partial charge in [-0.2, -0.15) is 0 Å². The first kappa shape index (κ1) is 10.1. The Hall–Kier alpha value is -0.0800. The standard InChI is InChI=1S/C13H24N2/c1-14-11-5-4-6-12(14)10-13(9-11)15-7-2-3-8-15/h11-13H,2-10H2,1H3. The van der Waals surface area contributed by atoms with Crippen molar-refractivity contribution in [2.45, 2.75) is 63.1 Å². The van der Waals surface area contributed by atoms with Crippen molar-refractivity contribution in [3.05, 3.63) is 0 Å². The lowest BCUT2D eigenvalue weighted by molar-refractivity contribution is 0.0159. The summed E-state index contributed by atoms with van der Waals surface area (Å²) in [5.74, 6) is 0. The predicted molar refractivity (Wildman–Crippen MR) is 63.0 cm³/mol. The summed E-state index contributed by atoms with van der Waals surface area (Å²) in [6.07, 6.45) is 10.2. The first-order valence-corrected chi connectivity index (χ1v) is 6.80. The molecule has 86 valence electrons. The van der Waals surface area contributed by atoms with E-state index in [2.05, 4.69) is 16.8 Å². The molecule has 2 bridgehead atoms. The Bertz CT molecular complexity index is 209. The van der Waals surface area contributed by atoms with Gasteiger partial charge in [0, 0.05) is 18.1 Å². The number of piperidine rings is 2. The summed E-state index contributed by atoms with van der Waals surface area (Å²) < 4.78 is 0. The number of hydrogen-bond donors (Lipinski definition) is 0. The molecule has 0 aliphatic carbocycles. The highest BCUT2D eigenvalue weighted by molar-refractivity contribution is 4.95. The van der Waals surface area contributed by atoms with Gasteiger partial charge in [0.05, 0.1) is 0 Å².